The van der Waals surface area contributed by atoms with Crippen molar-refractivity contribution >= 4 is 29.1 Å². The normalized spacial score (nSPS) is 16.0. The van der Waals surface area contributed by atoms with Crippen molar-refractivity contribution in [3.63, 3.8) is 0 Å². The molecule has 3 amide bonds. The average molecular weight is 391 g/mol. The first-order valence-electron chi connectivity index (χ1n) is 10.1. The van der Waals surface area contributed by atoms with Gasteiger partial charge < -0.3 is 15.5 Å². The van der Waals surface area contributed by atoms with Crippen LogP contribution in [0.25, 0.3) is 0 Å². The summed E-state index contributed by atoms with van der Waals surface area (Å²) in [7, 11) is 0. The van der Waals surface area contributed by atoms with Gasteiger partial charge in [-0.1, -0.05) is 24.3 Å². The third kappa shape index (κ3) is 5.02. The molecule has 1 saturated carbocycles. The van der Waals surface area contributed by atoms with Gasteiger partial charge in [-0.15, -0.1) is 0 Å². The summed E-state index contributed by atoms with van der Waals surface area (Å²) in [4.78, 5) is 37.6. The second-order valence-corrected chi connectivity index (χ2v) is 7.73. The van der Waals surface area contributed by atoms with Gasteiger partial charge in [0.05, 0.1) is 6.42 Å². The van der Waals surface area contributed by atoms with Crippen molar-refractivity contribution < 1.29 is 14.4 Å². The van der Waals surface area contributed by atoms with Gasteiger partial charge in [-0.2, -0.15) is 0 Å². The van der Waals surface area contributed by atoms with Crippen molar-refractivity contribution in [1.29, 1.82) is 0 Å². The molecule has 2 N–H and O–H groups in total. The average Bonchev–Trinajstić information content (AvgIpc) is 3.50. The zero-order valence-corrected chi connectivity index (χ0v) is 16.3. The van der Waals surface area contributed by atoms with E-state index in [0.717, 1.165) is 48.3 Å². The molecule has 2 aliphatic rings. The Labute approximate surface area is 170 Å². The summed E-state index contributed by atoms with van der Waals surface area (Å²) in [5.41, 5.74) is 3.57. The molecule has 0 spiro atoms. The van der Waals surface area contributed by atoms with Crippen LogP contribution in [0.2, 0.25) is 0 Å². The van der Waals surface area contributed by atoms with Gasteiger partial charge in [-0.3, -0.25) is 14.4 Å². The number of benzene rings is 2. The van der Waals surface area contributed by atoms with Crippen LogP contribution in [0.5, 0.6) is 0 Å². The van der Waals surface area contributed by atoms with Crippen molar-refractivity contribution in [1.82, 2.24) is 5.32 Å². The van der Waals surface area contributed by atoms with Crippen LogP contribution in [-0.4, -0.2) is 24.3 Å². The Balaban J connectivity index is 1.24. The Morgan fingerprint density at radius 1 is 0.966 bits per heavy atom. The van der Waals surface area contributed by atoms with E-state index in [1.165, 1.54) is 0 Å². The van der Waals surface area contributed by atoms with E-state index in [4.69, 9.17) is 0 Å². The maximum atomic E-state index is 12.2. The fourth-order valence-electron chi connectivity index (χ4n) is 3.46. The van der Waals surface area contributed by atoms with Crippen molar-refractivity contribution in [2.45, 2.75) is 38.6 Å². The Bertz CT molecular complexity index is 902. The highest BCUT2D eigenvalue weighted by atomic mass is 16.2. The lowest BCUT2D eigenvalue weighted by Gasteiger charge is -2.15. The quantitative estimate of drug-likeness (QED) is 0.762. The molecule has 2 aromatic rings. The topological polar surface area (TPSA) is 78.5 Å². The fourth-order valence-corrected chi connectivity index (χ4v) is 3.46. The summed E-state index contributed by atoms with van der Waals surface area (Å²) < 4.78 is 0. The number of amides is 3. The number of hydrogen-bond acceptors (Lipinski definition) is 3. The van der Waals surface area contributed by atoms with Crippen LogP contribution < -0.4 is 15.5 Å². The van der Waals surface area contributed by atoms with Gasteiger partial charge in [0.25, 0.3) is 0 Å². The predicted molar refractivity (Wildman–Crippen MR) is 111 cm³/mol. The zero-order chi connectivity index (χ0) is 20.2. The molecule has 0 aromatic heterocycles. The number of nitrogens with one attached hydrogen (secondary N) is 2. The van der Waals surface area contributed by atoms with Crippen LogP contribution in [0.4, 0.5) is 11.4 Å². The third-order valence-corrected chi connectivity index (χ3v) is 5.35. The monoisotopic (exact) mass is 391 g/mol. The highest BCUT2D eigenvalue weighted by Crippen LogP contribution is 2.30. The molecule has 1 aliphatic heterocycles. The first-order chi connectivity index (χ1) is 14.1. The fraction of sp³-hybridized carbons (Fsp3) is 0.348. The minimum atomic E-state index is -0.0545. The van der Waals surface area contributed by atoms with Gasteiger partial charge in [-0.25, -0.2) is 0 Å². The van der Waals surface area contributed by atoms with Gasteiger partial charge in [0.1, 0.15) is 0 Å². The SMILES string of the molecule is O=C(Cc1ccc(N2CCCC2=O)cc1)NCc1ccc(NC(=O)C2CC2)cc1. The molecule has 0 bridgehead atoms. The minimum absolute atomic E-state index is 0.0545. The second kappa shape index (κ2) is 8.47. The van der Waals surface area contributed by atoms with Gasteiger partial charge >= 0.3 is 0 Å². The van der Waals surface area contributed by atoms with Crippen molar-refractivity contribution in [2.24, 2.45) is 5.92 Å². The van der Waals surface area contributed by atoms with Crippen LogP contribution >= 0.6 is 0 Å². The number of nitrogens with zero attached hydrogens (tertiary/aromatic N) is 1. The molecule has 150 valence electrons. The molecule has 6 heteroatoms. The number of hydrogen-bond donors (Lipinski definition) is 2. The number of carbonyl (C=O) groups is 3. The molecule has 6 nitrogen and oxygen atoms in total. The van der Waals surface area contributed by atoms with Crippen LogP contribution in [-0.2, 0) is 27.3 Å². The first kappa shape index (κ1) is 19.2. The molecule has 1 saturated heterocycles. The summed E-state index contributed by atoms with van der Waals surface area (Å²) in [6.07, 6.45) is 3.77. The standard InChI is InChI=1S/C23H25N3O3/c27-21(14-16-5-11-20(12-6-16)26-13-1-2-22(26)28)24-15-17-3-9-19(10-4-17)25-23(29)18-7-8-18/h3-6,9-12,18H,1-2,7-8,13-15H2,(H,24,27)(H,25,29). The van der Waals surface area contributed by atoms with E-state index in [-0.39, 0.29) is 23.6 Å². The molecule has 1 heterocycles. The summed E-state index contributed by atoms with van der Waals surface area (Å²) in [6, 6.07) is 15.1. The highest BCUT2D eigenvalue weighted by Gasteiger charge is 2.29. The van der Waals surface area contributed by atoms with Crippen LogP contribution in [0.15, 0.2) is 48.5 Å². The Hall–Kier alpha value is -3.15. The molecule has 2 fully saturated rings. The highest BCUT2D eigenvalue weighted by molar-refractivity contribution is 5.95. The maximum Gasteiger partial charge on any atom is 0.227 e. The van der Waals surface area contributed by atoms with E-state index < -0.39 is 0 Å². The molecule has 1 aliphatic carbocycles. The molecular formula is C23H25N3O3. The van der Waals surface area contributed by atoms with Crippen molar-refractivity contribution in [2.75, 3.05) is 16.8 Å². The number of anilines is 2. The predicted octanol–water partition coefficient (Wildman–Crippen LogP) is 3.02. The van der Waals surface area contributed by atoms with E-state index in [1.54, 1.807) is 4.90 Å². The summed E-state index contributed by atoms with van der Waals surface area (Å²) in [6.45, 7) is 1.21. The van der Waals surface area contributed by atoms with Crippen molar-refractivity contribution in [3.05, 3.63) is 59.7 Å². The van der Waals surface area contributed by atoms with E-state index in [2.05, 4.69) is 10.6 Å². The van der Waals surface area contributed by atoms with Crippen molar-refractivity contribution in [3.8, 4) is 0 Å². The van der Waals surface area contributed by atoms with E-state index in [9.17, 15) is 14.4 Å². The Kier molecular flexibility index (Phi) is 5.60. The summed E-state index contributed by atoms with van der Waals surface area (Å²) >= 11 is 0. The molecule has 0 atom stereocenters. The van der Waals surface area contributed by atoms with Gasteiger partial charge in [0, 0.05) is 36.8 Å². The van der Waals surface area contributed by atoms with Gasteiger partial charge in [-0.05, 0) is 54.7 Å². The maximum absolute atomic E-state index is 12.2. The summed E-state index contributed by atoms with van der Waals surface area (Å²) in [5, 5.41) is 5.83. The van der Waals surface area contributed by atoms with E-state index in [1.807, 2.05) is 48.5 Å². The van der Waals surface area contributed by atoms with Gasteiger partial charge in [0.15, 0.2) is 0 Å². The van der Waals surface area contributed by atoms with Crippen LogP contribution in [0, 0.1) is 5.92 Å². The Morgan fingerprint density at radius 3 is 2.28 bits per heavy atom. The minimum Gasteiger partial charge on any atom is -0.352 e. The molecular weight excluding hydrogens is 366 g/mol. The van der Waals surface area contributed by atoms with Crippen LogP contribution in [0.1, 0.15) is 36.8 Å². The zero-order valence-electron chi connectivity index (χ0n) is 16.3. The molecule has 0 unspecified atom stereocenters. The largest absolute Gasteiger partial charge is 0.352 e. The van der Waals surface area contributed by atoms with Crippen LogP contribution in [0.3, 0.4) is 0 Å². The van der Waals surface area contributed by atoms with E-state index in [0.29, 0.717) is 19.4 Å². The molecule has 0 radical (unpaired) electrons. The lowest BCUT2D eigenvalue weighted by Crippen LogP contribution is -2.25. The number of rotatable bonds is 7. The molecule has 29 heavy (non-hydrogen) atoms. The lowest BCUT2D eigenvalue weighted by atomic mass is 10.1. The molecule has 2 aromatic carbocycles. The lowest BCUT2D eigenvalue weighted by molar-refractivity contribution is -0.120. The second-order valence-electron chi connectivity index (χ2n) is 7.73. The third-order valence-electron chi connectivity index (χ3n) is 5.35. The molecule has 4 rings (SSSR count). The Morgan fingerprint density at radius 2 is 1.66 bits per heavy atom. The van der Waals surface area contributed by atoms with E-state index >= 15 is 0 Å². The first-order valence-corrected chi connectivity index (χ1v) is 10.1. The summed E-state index contributed by atoms with van der Waals surface area (Å²) in [5.74, 6) is 0.375. The number of carbonyl (C=O) groups excluding carboxylic acids is 3. The van der Waals surface area contributed by atoms with Gasteiger partial charge in [0.2, 0.25) is 17.7 Å². The smallest absolute Gasteiger partial charge is 0.227 e.